The van der Waals surface area contributed by atoms with Crippen LogP contribution in [0.5, 0.6) is 0 Å². The quantitative estimate of drug-likeness (QED) is 0.746. The molecule has 0 heterocycles. The maximum Gasteiger partial charge on any atom is 0.242 e. The van der Waals surface area contributed by atoms with Gasteiger partial charge in [-0.05, 0) is 48.4 Å². The molecule has 0 bridgehead atoms. The molecule has 0 spiro atoms. The van der Waals surface area contributed by atoms with E-state index in [1.165, 1.54) is 5.56 Å². The second kappa shape index (κ2) is 10.1. The zero-order valence-electron chi connectivity index (χ0n) is 17.7. The predicted molar refractivity (Wildman–Crippen MR) is 114 cm³/mol. The number of carbonyl (C=O) groups is 2. The molecular formula is C24H32N2O2. The molecule has 0 aromatic heterocycles. The van der Waals surface area contributed by atoms with Gasteiger partial charge < -0.3 is 10.2 Å². The lowest BCUT2D eigenvalue weighted by atomic mass is 10.00. The minimum Gasteiger partial charge on any atom is -0.357 e. The molecule has 0 aliphatic rings. The summed E-state index contributed by atoms with van der Waals surface area (Å²) >= 11 is 0. The van der Waals surface area contributed by atoms with E-state index in [9.17, 15) is 9.59 Å². The standard InChI is InChI=1S/C24H32N2O2/c1-17(2)21-13-10-20(11-14-21)12-15-23(27)26(19(4)24(28)25-5)16-22-9-7-6-8-18(22)3/h6-11,13-14,17,19H,12,15-16H2,1-5H3,(H,25,28). The van der Waals surface area contributed by atoms with Crippen molar-refractivity contribution in [2.45, 2.75) is 59.0 Å². The Kier molecular flexibility index (Phi) is 7.80. The molecule has 0 aliphatic carbocycles. The molecule has 2 amide bonds. The van der Waals surface area contributed by atoms with Gasteiger partial charge in [0.05, 0.1) is 0 Å². The van der Waals surface area contributed by atoms with Gasteiger partial charge in [0, 0.05) is 20.0 Å². The molecule has 2 aromatic rings. The van der Waals surface area contributed by atoms with Crippen LogP contribution in [0.3, 0.4) is 0 Å². The number of benzene rings is 2. The van der Waals surface area contributed by atoms with E-state index in [2.05, 4.69) is 43.4 Å². The molecule has 0 aliphatic heterocycles. The molecule has 4 nitrogen and oxygen atoms in total. The highest BCUT2D eigenvalue weighted by atomic mass is 16.2. The van der Waals surface area contributed by atoms with Crippen molar-refractivity contribution in [2.24, 2.45) is 0 Å². The number of hydrogen-bond acceptors (Lipinski definition) is 2. The Bertz CT molecular complexity index is 797. The Morgan fingerprint density at radius 2 is 1.64 bits per heavy atom. The highest BCUT2D eigenvalue weighted by Gasteiger charge is 2.25. The molecule has 2 aromatic carbocycles. The third-order valence-electron chi connectivity index (χ3n) is 5.29. The van der Waals surface area contributed by atoms with Gasteiger partial charge in [0.2, 0.25) is 11.8 Å². The van der Waals surface area contributed by atoms with E-state index in [1.54, 1.807) is 18.9 Å². The zero-order chi connectivity index (χ0) is 20.7. The highest BCUT2D eigenvalue weighted by Crippen LogP contribution is 2.18. The van der Waals surface area contributed by atoms with Crippen molar-refractivity contribution in [3.8, 4) is 0 Å². The van der Waals surface area contributed by atoms with Gasteiger partial charge in [0.15, 0.2) is 0 Å². The van der Waals surface area contributed by atoms with Crippen LogP contribution in [-0.4, -0.2) is 29.8 Å². The van der Waals surface area contributed by atoms with Gasteiger partial charge in [-0.3, -0.25) is 9.59 Å². The Hall–Kier alpha value is -2.62. The third kappa shape index (κ3) is 5.69. The van der Waals surface area contributed by atoms with Gasteiger partial charge in [-0.2, -0.15) is 0 Å². The van der Waals surface area contributed by atoms with E-state index in [0.29, 0.717) is 25.3 Å². The number of aryl methyl sites for hydroxylation is 2. The van der Waals surface area contributed by atoms with Crippen molar-refractivity contribution >= 4 is 11.8 Å². The minimum absolute atomic E-state index is 0.00714. The Morgan fingerprint density at radius 1 is 1.00 bits per heavy atom. The van der Waals surface area contributed by atoms with Crippen LogP contribution in [0.15, 0.2) is 48.5 Å². The van der Waals surface area contributed by atoms with Crippen LogP contribution in [0.4, 0.5) is 0 Å². The molecule has 28 heavy (non-hydrogen) atoms. The Balaban J connectivity index is 2.11. The molecule has 1 unspecified atom stereocenters. The summed E-state index contributed by atoms with van der Waals surface area (Å²) in [6.07, 6.45) is 1.05. The average molecular weight is 381 g/mol. The monoisotopic (exact) mass is 380 g/mol. The van der Waals surface area contributed by atoms with Crippen molar-refractivity contribution in [2.75, 3.05) is 7.05 Å². The Labute approximate surface area is 169 Å². The van der Waals surface area contributed by atoms with Gasteiger partial charge in [-0.15, -0.1) is 0 Å². The lowest BCUT2D eigenvalue weighted by Gasteiger charge is -2.29. The summed E-state index contributed by atoms with van der Waals surface area (Å²) in [4.78, 5) is 26.9. The Morgan fingerprint density at radius 3 is 2.21 bits per heavy atom. The largest absolute Gasteiger partial charge is 0.357 e. The normalized spacial score (nSPS) is 11.9. The summed E-state index contributed by atoms with van der Waals surface area (Å²) in [6.45, 7) is 8.59. The first kappa shape index (κ1) is 21.7. The van der Waals surface area contributed by atoms with E-state index in [0.717, 1.165) is 16.7 Å². The number of hydrogen-bond donors (Lipinski definition) is 1. The van der Waals surface area contributed by atoms with Crippen molar-refractivity contribution in [1.82, 2.24) is 10.2 Å². The van der Waals surface area contributed by atoms with Crippen LogP contribution < -0.4 is 5.32 Å². The van der Waals surface area contributed by atoms with E-state index < -0.39 is 6.04 Å². The van der Waals surface area contributed by atoms with Crippen LogP contribution in [0, 0.1) is 6.92 Å². The summed E-state index contributed by atoms with van der Waals surface area (Å²) < 4.78 is 0. The first-order chi connectivity index (χ1) is 13.3. The SMILES string of the molecule is CNC(=O)C(C)N(Cc1ccccc1C)C(=O)CCc1ccc(C(C)C)cc1. The van der Waals surface area contributed by atoms with Crippen LogP contribution in [0.1, 0.15) is 55.4 Å². The van der Waals surface area contributed by atoms with Gasteiger partial charge in [-0.1, -0.05) is 62.4 Å². The van der Waals surface area contributed by atoms with E-state index >= 15 is 0 Å². The summed E-state index contributed by atoms with van der Waals surface area (Å²) in [5, 5.41) is 2.66. The fourth-order valence-electron chi connectivity index (χ4n) is 3.23. The topological polar surface area (TPSA) is 49.4 Å². The number of likely N-dealkylation sites (N-methyl/N-ethyl adjacent to an activating group) is 1. The molecule has 0 saturated heterocycles. The molecule has 150 valence electrons. The fraction of sp³-hybridized carbons (Fsp3) is 0.417. The van der Waals surface area contributed by atoms with Gasteiger partial charge in [0.25, 0.3) is 0 Å². The second-order valence-corrected chi connectivity index (χ2v) is 7.63. The minimum atomic E-state index is -0.513. The second-order valence-electron chi connectivity index (χ2n) is 7.63. The highest BCUT2D eigenvalue weighted by molar-refractivity contribution is 5.87. The molecular weight excluding hydrogens is 348 g/mol. The molecule has 0 radical (unpaired) electrons. The molecule has 0 saturated carbocycles. The van der Waals surface area contributed by atoms with Crippen molar-refractivity contribution in [1.29, 1.82) is 0 Å². The summed E-state index contributed by atoms with van der Waals surface area (Å²) in [6, 6.07) is 15.9. The lowest BCUT2D eigenvalue weighted by Crippen LogP contribution is -2.46. The lowest BCUT2D eigenvalue weighted by molar-refractivity contribution is -0.140. The average Bonchev–Trinajstić information content (AvgIpc) is 2.70. The van der Waals surface area contributed by atoms with Crippen molar-refractivity contribution in [3.63, 3.8) is 0 Å². The van der Waals surface area contributed by atoms with E-state index in [-0.39, 0.29) is 11.8 Å². The van der Waals surface area contributed by atoms with Crippen molar-refractivity contribution in [3.05, 3.63) is 70.8 Å². The van der Waals surface area contributed by atoms with Gasteiger partial charge in [-0.25, -0.2) is 0 Å². The maximum absolute atomic E-state index is 13.0. The number of amides is 2. The molecule has 1 atom stereocenters. The summed E-state index contributed by atoms with van der Waals surface area (Å²) in [5.74, 6) is 0.337. The first-order valence-corrected chi connectivity index (χ1v) is 9.98. The van der Waals surface area contributed by atoms with E-state index in [1.807, 2.05) is 31.2 Å². The van der Waals surface area contributed by atoms with Crippen LogP contribution in [-0.2, 0) is 22.6 Å². The van der Waals surface area contributed by atoms with Crippen LogP contribution in [0.25, 0.3) is 0 Å². The molecule has 2 rings (SSSR count). The number of carbonyl (C=O) groups excluding carboxylic acids is 2. The summed E-state index contributed by atoms with van der Waals surface area (Å²) in [5.41, 5.74) is 4.62. The number of nitrogens with zero attached hydrogens (tertiary/aromatic N) is 1. The van der Waals surface area contributed by atoms with Crippen LogP contribution >= 0.6 is 0 Å². The zero-order valence-corrected chi connectivity index (χ0v) is 17.7. The van der Waals surface area contributed by atoms with Gasteiger partial charge in [0.1, 0.15) is 6.04 Å². The van der Waals surface area contributed by atoms with Crippen LogP contribution in [0.2, 0.25) is 0 Å². The molecule has 0 fully saturated rings. The number of rotatable bonds is 8. The smallest absolute Gasteiger partial charge is 0.242 e. The van der Waals surface area contributed by atoms with Crippen molar-refractivity contribution < 1.29 is 9.59 Å². The number of nitrogens with one attached hydrogen (secondary N) is 1. The maximum atomic E-state index is 13.0. The predicted octanol–water partition coefficient (Wildman–Crippen LogP) is 4.21. The first-order valence-electron chi connectivity index (χ1n) is 9.98. The third-order valence-corrected chi connectivity index (χ3v) is 5.29. The molecule has 1 N–H and O–H groups in total. The van der Waals surface area contributed by atoms with E-state index in [4.69, 9.17) is 0 Å². The summed E-state index contributed by atoms with van der Waals surface area (Å²) in [7, 11) is 1.60. The van der Waals surface area contributed by atoms with Gasteiger partial charge >= 0.3 is 0 Å². The fourth-order valence-corrected chi connectivity index (χ4v) is 3.23. The molecule has 4 heteroatoms.